The van der Waals surface area contributed by atoms with Gasteiger partial charge >= 0.3 is 0 Å². The largest absolute Gasteiger partial charge is 0.328 e. The fourth-order valence-electron chi connectivity index (χ4n) is 1.25. The van der Waals surface area contributed by atoms with Crippen LogP contribution in [0.15, 0.2) is 12.7 Å². The van der Waals surface area contributed by atoms with Crippen LogP contribution in [0.4, 0.5) is 0 Å². The van der Waals surface area contributed by atoms with E-state index in [0.29, 0.717) is 6.04 Å². The predicted octanol–water partition coefficient (Wildman–Crippen LogP) is 3.25. The van der Waals surface area contributed by atoms with Gasteiger partial charge in [0.2, 0.25) is 0 Å². The molecule has 0 aliphatic rings. The molecule has 0 rings (SSSR count). The van der Waals surface area contributed by atoms with Crippen molar-refractivity contribution < 1.29 is 0 Å². The van der Waals surface area contributed by atoms with E-state index in [2.05, 4.69) is 13.5 Å². The number of unbranched alkanes of at least 4 members (excludes halogenated alkanes) is 4. The Balaban J connectivity index is 2.95. The number of allylic oxidation sites excluding steroid dienone is 1. The lowest BCUT2D eigenvalue weighted by Crippen LogP contribution is -2.17. The Bertz CT molecular complexity index is 99.2. The van der Waals surface area contributed by atoms with Gasteiger partial charge < -0.3 is 5.73 Å². The standard InChI is InChI=1S/C11H23N/c1-3-5-6-7-8-9-10-11(12)4-2/h3,11H,1,4-10,12H2,2H3. The van der Waals surface area contributed by atoms with Gasteiger partial charge in [0, 0.05) is 6.04 Å². The maximum absolute atomic E-state index is 5.80. The third-order valence-electron chi connectivity index (χ3n) is 2.26. The summed E-state index contributed by atoms with van der Waals surface area (Å²) in [5, 5.41) is 0. The highest BCUT2D eigenvalue weighted by molar-refractivity contribution is 4.65. The summed E-state index contributed by atoms with van der Waals surface area (Å²) in [7, 11) is 0. The molecule has 0 aromatic carbocycles. The van der Waals surface area contributed by atoms with E-state index in [4.69, 9.17) is 5.73 Å². The summed E-state index contributed by atoms with van der Waals surface area (Å²) < 4.78 is 0. The molecule has 1 unspecified atom stereocenters. The smallest absolute Gasteiger partial charge is 0.00362 e. The van der Waals surface area contributed by atoms with E-state index in [1.54, 1.807) is 0 Å². The second kappa shape index (κ2) is 8.79. The second-order valence-corrected chi connectivity index (χ2v) is 3.45. The number of hydrogen-bond donors (Lipinski definition) is 1. The van der Waals surface area contributed by atoms with Crippen molar-refractivity contribution in [2.24, 2.45) is 5.73 Å². The molecule has 1 nitrogen and oxygen atoms in total. The van der Waals surface area contributed by atoms with Crippen molar-refractivity contribution in [3.05, 3.63) is 12.7 Å². The summed E-state index contributed by atoms with van der Waals surface area (Å²) in [6.07, 6.45) is 10.7. The molecule has 72 valence electrons. The average Bonchev–Trinajstić information content (AvgIpc) is 2.10. The highest BCUT2D eigenvalue weighted by Crippen LogP contribution is 2.07. The van der Waals surface area contributed by atoms with Crippen LogP contribution in [0.3, 0.4) is 0 Å². The molecule has 0 heterocycles. The first-order chi connectivity index (χ1) is 5.81. The van der Waals surface area contributed by atoms with Crippen LogP contribution in [-0.2, 0) is 0 Å². The lowest BCUT2D eigenvalue weighted by Gasteiger charge is -2.07. The van der Waals surface area contributed by atoms with Crippen molar-refractivity contribution in [3.8, 4) is 0 Å². The summed E-state index contributed by atoms with van der Waals surface area (Å²) in [5.41, 5.74) is 5.80. The SMILES string of the molecule is C=CCCCCCCC(N)CC. The van der Waals surface area contributed by atoms with Crippen LogP contribution >= 0.6 is 0 Å². The zero-order valence-electron chi connectivity index (χ0n) is 8.39. The summed E-state index contributed by atoms with van der Waals surface area (Å²) >= 11 is 0. The van der Waals surface area contributed by atoms with Crippen LogP contribution in [0, 0.1) is 0 Å². The molecule has 0 aliphatic heterocycles. The van der Waals surface area contributed by atoms with Gasteiger partial charge in [-0.15, -0.1) is 6.58 Å². The topological polar surface area (TPSA) is 26.0 Å². The molecule has 0 bridgehead atoms. The predicted molar refractivity (Wildman–Crippen MR) is 56.2 cm³/mol. The third kappa shape index (κ3) is 7.80. The number of hydrogen-bond acceptors (Lipinski definition) is 1. The van der Waals surface area contributed by atoms with Crippen molar-refractivity contribution in [1.29, 1.82) is 0 Å². The summed E-state index contributed by atoms with van der Waals surface area (Å²) in [5.74, 6) is 0. The summed E-state index contributed by atoms with van der Waals surface area (Å²) in [6, 6.07) is 0.435. The van der Waals surface area contributed by atoms with Crippen molar-refractivity contribution in [2.45, 2.75) is 57.9 Å². The van der Waals surface area contributed by atoms with Gasteiger partial charge in [-0.2, -0.15) is 0 Å². The fourth-order valence-corrected chi connectivity index (χ4v) is 1.25. The summed E-state index contributed by atoms with van der Waals surface area (Å²) in [4.78, 5) is 0. The molecule has 0 saturated heterocycles. The van der Waals surface area contributed by atoms with Crippen molar-refractivity contribution in [3.63, 3.8) is 0 Å². The first-order valence-corrected chi connectivity index (χ1v) is 5.17. The molecular weight excluding hydrogens is 146 g/mol. The molecule has 0 aromatic rings. The van der Waals surface area contributed by atoms with Crippen LogP contribution in [0.2, 0.25) is 0 Å². The van der Waals surface area contributed by atoms with Gasteiger partial charge in [-0.1, -0.05) is 32.3 Å². The third-order valence-corrected chi connectivity index (χ3v) is 2.26. The zero-order chi connectivity index (χ0) is 9.23. The Kier molecular flexibility index (Phi) is 8.57. The van der Waals surface area contributed by atoms with Crippen molar-refractivity contribution in [2.75, 3.05) is 0 Å². The first kappa shape index (κ1) is 11.7. The van der Waals surface area contributed by atoms with Gasteiger partial charge in [-0.25, -0.2) is 0 Å². The molecule has 0 fully saturated rings. The van der Waals surface area contributed by atoms with Gasteiger partial charge in [-0.3, -0.25) is 0 Å². The lowest BCUT2D eigenvalue weighted by molar-refractivity contribution is 0.533. The van der Waals surface area contributed by atoms with Crippen LogP contribution < -0.4 is 5.73 Å². The Hall–Kier alpha value is -0.300. The highest BCUT2D eigenvalue weighted by Gasteiger charge is 1.97. The molecule has 1 atom stereocenters. The van der Waals surface area contributed by atoms with E-state index >= 15 is 0 Å². The summed E-state index contributed by atoms with van der Waals surface area (Å²) in [6.45, 7) is 5.86. The van der Waals surface area contributed by atoms with Crippen LogP contribution in [0.1, 0.15) is 51.9 Å². The minimum absolute atomic E-state index is 0.435. The molecule has 0 aromatic heterocycles. The van der Waals surface area contributed by atoms with Crippen molar-refractivity contribution in [1.82, 2.24) is 0 Å². The molecule has 0 amide bonds. The molecular formula is C11H23N. The Morgan fingerprint density at radius 1 is 1.25 bits per heavy atom. The maximum Gasteiger partial charge on any atom is 0.00362 e. The van der Waals surface area contributed by atoms with E-state index in [9.17, 15) is 0 Å². The molecule has 2 N–H and O–H groups in total. The number of rotatable bonds is 8. The van der Waals surface area contributed by atoms with E-state index in [0.717, 1.165) is 6.42 Å². The van der Waals surface area contributed by atoms with E-state index in [1.165, 1.54) is 38.5 Å². The van der Waals surface area contributed by atoms with Crippen molar-refractivity contribution >= 4 is 0 Å². The lowest BCUT2D eigenvalue weighted by atomic mass is 10.1. The Morgan fingerprint density at radius 3 is 2.50 bits per heavy atom. The molecule has 0 spiro atoms. The van der Waals surface area contributed by atoms with Gasteiger partial charge in [0.1, 0.15) is 0 Å². The van der Waals surface area contributed by atoms with Crippen LogP contribution in [-0.4, -0.2) is 6.04 Å². The Morgan fingerprint density at radius 2 is 1.92 bits per heavy atom. The van der Waals surface area contributed by atoms with E-state index < -0.39 is 0 Å². The quantitative estimate of drug-likeness (QED) is 0.438. The number of nitrogens with two attached hydrogens (primary N) is 1. The molecule has 0 aliphatic carbocycles. The first-order valence-electron chi connectivity index (χ1n) is 5.17. The fraction of sp³-hybridized carbons (Fsp3) is 0.818. The Labute approximate surface area is 77.0 Å². The van der Waals surface area contributed by atoms with Gasteiger partial charge in [0.15, 0.2) is 0 Å². The molecule has 12 heavy (non-hydrogen) atoms. The van der Waals surface area contributed by atoms with Crippen LogP contribution in [0.25, 0.3) is 0 Å². The minimum atomic E-state index is 0.435. The minimum Gasteiger partial charge on any atom is -0.328 e. The van der Waals surface area contributed by atoms with Crippen LogP contribution in [0.5, 0.6) is 0 Å². The maximum atomic E-state index is 5.80. The highest BCUT2D eigenvalue weighted by atomic mass is 14.6. The molecule has 0 radical (unpaired) electrons. The van der Waals surface area contributed by atoms with Gasteiger partial charge in [-0.05, 0) is 25.7 Å². The average molecular weight is 169 g/mol. The van der Waals surface area contributed by atoms with E-state index in [-0.39, 0.29) is 0 Å². The van der Waals surface area contributed by atoms with Gasteiger partial charge in [0.05, 0.1) is 0 Å². The van der Waals surface area contributed by atoms with E-state index in [1.807, 2.05) is 6.08 Å². The van der Waals surface area contributed by atoms with Gasteiger partial charge in [0.25, 0.3) is 0 Å². The normalized spacial score (nSPS) is 12.8. The molecule has 0 saturated carbocycles. The monoisotopic (exact) mass is 169 g/mol. The zero-order valence-corrected chi connectivity index (χ0v) is 8.39. The molecule has 1 heteroatoms. The second-order valence-electron chi connectivity index (χ2n) is 3.45.